The summed E-state index contributed by atoms with van der Waals surface area (Å²) in [5, 5.41) is 15.7. The number of rotatable bonds is 10. The van der Waals surface area contributed by atoms with Gasteiger partial charge in [-0.05, 0) is 36.1 Å². The molecule has 1 unspecified atom stereocenters. The molecule has 6 heteroatoms. The second-order valence-corrected chi connectivity index (χ2v) is 7.58. The number of hydrogen-bond donors (Lipinski definition) is 3. The Labute approximate surface area is 172 Å². The number of carbonyl (C=O) groups excluding carboxylic acids is 1. The Morgan fingerprint density at radius 2 is 1.83 bits per heavy atom. The van der Waals surface area contributed by atoms with Crippen molar-refractivity contribution in [2.75, 3.05) is 26.8 Å². The lowest BCUT2D eigenvalue weighted by atomic mass is 9.64. The summed E-state index contributed by atoms with van der Waals surface area (Å²) in [7, 11) is 1.62. The number of aliphatic hydroxyl groups is 1. The molecule has 0 radical (unpaired) electrons. The number of amides is 2. The molecule has 0 aromatic heterocycles. The van der Waals surface area contributed by atoms with E-state index in [2.05, 4.69) is 22.8 Å². The molecule has 3 rings (SSSR count). The Balaban J connectivity index is 1.33. The van der Waals surface area contributed by atoms with Crippen molar-refractivity contribution in [3.05, 3.63) is 65.7 Å². The standard InChI is InChI=1S/C23H30N2O4/c1-28-21-10-8-18(9-11-21)15-29-16-20(26)14-24-22(27)25-17-23(12-5-13-23)19-6-3-2-4-7-19/h2-4,6-11,20,26H,5,12-17H2,1H3,(H2,24,25,27). The van der Waals surface area contributed by atoms with E-state index in [-0.39, 0.29) is 24.6 Å². The van der Waals surface area contributed by atoms with Crippen LogP contribution in [0.4, 0.5) is 4.79 Å². The third-order valence-electron chi connectivity index (χ3n) is 5.52. The fraction of sp³-hybridized carbons (Fsp3) is 0.435. The number of benzene rings is 2. The predicted octanol–water partition coefficient (Wildman–Crippen LogP) is 2.99. The number of nitrogens with one attached hydrogen (secondary N) is 2. The molecule has 0 saturated heterocycles. The van der Waals surface area contributed by atoms with E-state index in [1.807, 2.05) is 42.5 Å². The van der Waals surface area contributed by atoms with Crippen LogP contribution in [0.25, 0.3) is 0 Å². The number of hydrogen-bond acceptors (Lipinski definition) is 4. The molecule has 3 N–H and O–H groups in total. The van der Waals surface area contributed by atoms with Gasteiger partial charge in [-0.2, -0.15) is 0 Å². The molecule has 2 aromatic rings. The van der Waals surface area contributed by atoms with Crippen molar-refractivity contribution in [2.24, 2.45) is 0 Å². The first kappa shape index (κ1) is 21.1. The monoisotopic (exact) mass is 398 g/mol. The maximum absolute atomic E-state index is 12.1. The lowest BCUT2D eigenvalue weighted by Crippen LogP contribution is -2.49. The zero-order chi connectivity index (χ0) is 20.5. The lowest BCUT2D eigenvalue weighted by molar-refractivity contribution is 0.0300. The van der Waals surface area contributed by atoms with Gasteiger partial charge in [-0.15, -0.1) is 0 Å². The first-order valence-electron chi connectivity index (χ1n) is 10.1. The molecule has 6 nitrogen and oxygen atoms in total. The van der Waals surface area contributed by atoms with E-state index in [4.69, 9.17) is 9.47 Å². The van der Waals surface area contributed by atoms with Gasteiger partial charge in [0, 0.05) is 18.5 Å². The van der Waals surface area contributed by atoms with E-state index >= 15 is 0 Å². The van der Waals surface area contributed by atoms with Crippen molar-refractivity contribution < 1.29 is 19.4 Å². The fourth-order valence-electron chi connectivity index (χ4n) is 3.58. The molecule has 1 saturated carbocycles. The van der Waals surface area contributed by atoms with Crippen molar-refractivity contribution in [1.29, 1.82) is 0 Å². The molecule has 0 heterocycles. The molecule has 0 bridgehead atoms. The van der Waals surface area contributed by atoms with Crippen LogP contribution in [0.15, 0.2) is 54.6 Å². The minimum Gasteiger partial charge on any atom is -0.497 e. The molecule has 2 amide bonds. The molecular formula is C23H30N2O4. The largest absolute Gasteiger partial charge is 0.497 e. The summed E-state index contributed by atoms with van der Waals surface area (Å²) in [6.45, 7) is 1.30. The van der Waals surface area contributed by atoms with Crippen LogP contribution in [0.5, 0.6) is 5.75 Å². The Kier molecular flexibility index (Phi) is 7.49. The van der Waals surface area contributed by atoms with Gasteiger partial charge in [0.2, 0.25) is 0 Å². The van der Waals surface area contributed by atoms with Gasteiger partial charge in [0.1, 0.15) is 5.75 Å². The summed E-state index contributed by atoms with van der Waals surface area (Å²) in [4.78, 5) is 12.1. The highest BCUT2D eigenvalue weighted by atomic mass is 16.5. The highest BCUT2D eigenvalue weighted by molar-refractivity contribution is 5.74. The number of aliphatic hydroxyl groups excluding tert-OH is 1. The molecule has 1 atom stereocenters. The summed E-state index contributed by atoms with van der Waals surface area (Å²) in [6, 6.07) is 17.6. The summed E-state index contributed by atoms with van der Waals surface area (Å²) >= 11 is 0. The fourth-order valence-corrected chi connectivity index (χ4v) is 3.58. The molecule has 2 aromatic carbocycles. The van der Waals surface area contributed by atoms with Crippen molar-refractivity contribution in [1.82, 2.24) is 10.6 Å². The second-order valence-electron chi connectivity index (χ2n) is 7.58. The molecule has 0 spiro atoms. The van der Waals surface area contributed by atoms with Crippen LogP contribution in [-0.2, 0) is 16.8 Å². The maximum atomic E-state index is 12.1. The summed E-state index contributed by atoms with van der Waals surface area (Å²) < 4.78 is 10.6. The van der Waals surface area contributed by atoms with E-state index in [0.29, 0.717) is 13.2 Å². The lowest BCUT2D eigenvalue weighted by Gasteiger charge is -2.42. The van der Waals surface area contributed by atoms with Gasteiger partial charge in [-0.3, -0.25) is 0 Å². The average Bonchev–Trinajstić information content (AvgIpc) is 2.73. The molecule has 1 fully saturated rings. The normalized spacial score (nSPS) is 15.8. The van der Waals surface area contributed by atoms with Crippen molar-refractivity contribution in [3.8, 4) is 5.75 Å². The van der Waals surface area contributed by atoms with Crippen molar-refractivity contribution in [3.63, 3.8) is 0 Å². The van der Waals surface area contributed by atoms with Gasteiger partial charge in [0.25, 0.3) is 0 Å². The minimum atomic E-state index is -0.759. The summed E-state index contributed by atoms with van der Waals surface area (Å²) in [5.74, 6) is 0.792. The number of methoxy groups -OCH3 is 1. The number of urea groups is 1. The van der Waals surface area contributed by atoms with Gasteiger partial charge in [-0.25, -0.2) is 4.79 Å². The zero-order valence-corrected chi connectivity index (χ0v) is 16.9. The third-order valence-corrected chi connectivity index (χ3v) is 5.52. The quantitative estimate of drug-likeness (QED) is 0.575. The van der Waals surface area contributed by atoms with Crippen molar-refractivity contribution in [2.45, 2.75) is 37.4 Å². The van der Waals surface area contributed by atoms with Gasteiger partial charge < -0.3 is 25.2 Å². The number of carbonyl (C=O) groups is 1. The van der Waals surface area contributed by atoms with Crippen LogP contribution < -0.4 is 15.4 Å². The SMILES string of the molecule is COc1ccc(COCC(O)CNC(=O)NCC2(c3ccccc3)CCC2)cc1. The van der Waals surface area contributed by atoms with E-state index in [1.165, 1.54) is 12.0 Å². The van der Waals surface area contributed by atoms with E-state index < -0.39 is 6.10 Å². The number of ether oxygens (including phenoxy) is 2. The van der Waals surface area contributed by atoms with Gasteiger partial charge in [-0.1, -0.05) is 48.9 Å². The molecular weight excluding hydrogens is 368 g/mol. The van der Waals surface area contributed by atoms with Gasteiger partial charge >= 0.3 is 6.03 Å². The van der Waals surface area contributed by atoms with E-state index in [0.717, 1.165) is 24.2 Å². The smallest absolute Gasteiger partial charge is 0.314 e. The third kappa shape index (κ3) is 5.95. The second kappa shape index (κ2) is 10.3. The average molecular weight is 399 g/mol. The van der Waals surface area contributed by atoms with E-state index in [1.54, 1.807) is 7.11 Å². The maximum Gasteiger partial charge on any atom is 0.314 e. The highest BCUT2D eigenvalue weighted by Crippen LogP contribution is 2.43. The molecule has 1 aliphatic rings. The topological polar surface area (TPSA) is 79.8 Å². The van der Waals surface area contributed by atoms with Gasteiger partial charge in [0.05, 0.1) is 26.4 Å². The zero-order valence-electron chi connectivity index (χ0n) is 16.9. The van der Waals surface area contributed by atoms with E-state index in [9.17, 15) is 9.90 Å². The van der Waals surface area contributed by atoms with Crippen LogP contribution in [0.2, 0.25) is 0 Å². The first-order chi connectivity index (χ1) is 14.1. The molecule has 156 valence electrons. The summed E-state index contributed by atoms with van der Waals surface area (Å²) in [5.41, 5.74) is 2.31. The van der Waals surface area contributed by atoms with Crippen LogP contribution >= 0.6 is 0 Å². The van der Waals surface area contributed by atoms with Crippen LogP contribution in [-0.4, -0.2) is 44.0 Å². The Morgan fingerprint density at radius 1 is 1.10 bits per heavy atom. The molecule has 29 heavy (non-hydrogen) atoms. The van der Waals surface area contributed by atoms with Crippen LogP contribution in [0.3, 0.4) is 0 Å². The first-order valence-corrected chi connectivity index (χ1v) is 10.1. The molecule has 1 aliphatic carbocycles. The minimum absolute atomic E-state index is 0.0404. The Morgan fingerprint density at radius 3 is 2.45 bits per heavy atom. The predicted molar refractivity (Wildman–Crippen MR) is 112 cm³/mol. The van der Waals surface area contributed by atoms with Crippen LogP contribution in [0.1, 0.15) is 30.4 Å². The highest BCUT2D eigenvalue weighted by Gasteiger charge is 2.38. The Bertz CT molecular complexity index is 760. The summed E-state index contributed by atoms with van der Waals surface area (Å²) in [6.07, 6.45) is 2.59. The Hall–Kier alpha value is -2.57. The van der Waals surface area contributed by atoms with Crippen LogP contribution in [0, 0.1) is 0 Å². The van der Waals surface area contributed by atoms with Crippen molar-refractivity contribution >= 4 is 6.03 Å². The molecule has 0 aliphatic heterocycles. The van der Waals surface area contributed by atoms with Gasteiger partial charge in [0.15, 0.2) is 0 Å².